The molecule has 0 unspecified atom stereocenters. The molecule has 1 aliphatic carbocycles. The Morgan fingerprint density at radius 2 is 1.86 bits per heavy atom. The second-order valence-corrected chi connectivity index (χ2v) is 6.33. The van der Waals surface area contributed by atoms with E-state index in [1.807, 2.05) is 29.2 Å². The fourth-order valence-corrected chi connectivity index (χ4v) is 3.51. The van der Waals surface area contributed by atoms with Crippen LogP contribution < -0.4 is 0 Å². The van der Waals surface area contributed by atoms with E-state index < -0.39 is 0 Å². The van der Waals surface area contributed by atoms with Crippen molar-refractivity contribution in [2.75, 3.05) is 39.3 Å². The van der Waals surface area contributed by atoms with Gasteiger partial charge in [-0.3, -0.25) is 9.69 Å². The summed E-state index contributed by atoms with van der Waals surface area (Å²) in [4.78, 5) is 17.1. The van der Waals surface area contributed by atoms with Gasteiger partial charge in [-0.2, -0.15) is 0 Å². The SMILES string of the molecule is O=C(N1CCN(CCO)CC1)C1(c2ccccc2Cl)CC1. The van der Waals surface area contributed by atoms with E-state index in [1.54, 1.807) is 0 Å². The Hall–Kier alpha value is -1.10. The Bertz CT molecular complexity index is 523. The van der Waals surface area contributed by atoms with Crippen molar-refractivity contribution < 1.29 is 9.90 Å². The molecule has 1 saturated heterocycles. The predicted octanol–water partition coefficient (Wildman–Crippen LogP) is 1.51. The number of piperazine rings is 1. The number of hydrogen-bond acceptors (Lipinski definition) is 3. The van der Waals surface area contributed by atoms with E-state index in [9.17, 15) is 4.79 Å². The number of halogens is 1. The topological polar surface area (TPSA) is 43.8 Å². The van der Waals surface area contributed by atoms with Crippen molar-refractivity contribution in [3.63, 3.8) is 0 Å². The molecule has 2 aliphatic rings. The average molecular weight is 309 g/mol. The number of rotatable bonds is 4. The number of nitrogens with zero attached hydrogens (tertiary/aromatic N) is 2. The standard InChI is InChI=1S/C16H21ClN2O2/c17-14-4-2-1-3-13(14)16(5-6-16)15(21)19-9-7-18(8-10-19)11-12-20/h1-4,20H,5-12H2. The van der Waals surface area contributed by atoms with Crippen LogP contribution in [0.15, 0.2) is 24.3 Å². The van der Waals surface area contributed by atoms with Crippen molar-refractivity contribution >= 4 is 17.5 Å². The zero-order valence-corrected chi connectivity index (χ0v) is 12.9. The van der Waals surface area contributed by atoms with Crippen molar-refractivity contribution in [3.8, 4) is 0 Å². The highest BCUT2D eigenvalue weighted by Crippen LogP contribution is 2.51. The second-order valence-electron chi connectivity index (χ2n) is 5.92. The van der Waals surface area contributed by atoms with Gasteiger partial charge in [0.2, 0.25) is 5.91 Å². The summed E-state index contributed by atoms with van der Waals surface area (Å²) in [5, 5.41) is 9.67. The number of carbonyl (C=O) groups excluding carboxylic acids is 1. The lowest BCUT2D eigenvalue weighted by Crippen LogP contribution is -2.52. The Balaban J connectivity index is 1.70. The molecule has 1 aromatic carbocycles. The largest absolute Gasteiger partial charge is 0.395 e. The van der Waals surface area contributed by atoms with Crippen LogP contribution in [-0.2, 0) is 10.2 Å². The van der Waals surface area contributed by atoms with E-state index in [2.05, 4.69) is 4.90 Å². The third-order valence-electron chi connectivity index (χ3n) is 4.62. The molecule has 114 valence electrons. The summed E-state index contributed by atoms with van der Waals surface area (Å²) in [5.41, 5.74) is 0.603. The highest BCUT2D eigenvalue weighted by atomic mass is 35.5. The van der Waals surface area contributed by atoms with Crippen LogP contribution in [0.3, 0.4) is 0 Å². The van der Waals surface area contributed by atoms with Gasteiger partial charge in [0.15, 0.2) is 0 Å². The summed E-state index contributed by atoms with van der Waals surface area (Å²) in [6.07, 6.45) is 1.79. The maximum Gasteiger partial charge on any atom is 0.233 e. The minimum absolute atomic E-state index is 0.178. The molecule has 0 bridgehead atoms. The molecule has 0 spiro atoms. The van der Waals surface area contributed by atoms with Gasteiger partial charge in [0.05, 0.1) is 12.0 Å². The van der Waals surface area contributed by atoms with Crippen molar-refractivity contribution in [1.82, 2.24) is 9.80 Å². The van der Waals surface area contributed by atoms with Gasteiger partial charge in [-0.15, -0.1) is 0 Å². The van der Waals surface area contributed by atoms with Crippen LogP contribution in [0.4, 0.5) is 0 Å². The van der Waals surface area contributed by atoms with Gasteiger partial charge in [-0.25, -0.2) is 0 Å². The van der Waals surface area contributed by atoms with E-state index in [4.69, 9.17) is 16.7 Å². The third-order valence-corrected chi connectivity index (χ3v) is 4.95. The minimum atomic E-state index is -0.377. The number of β-amino-alcohol motifs (C(OH)–C–C–N with tert-alkyl or cyclic N) is 1. The first-order chi connectivity index (χ1) is 10.2. The maximum atomic E-state index is 12.9. The lowest BCUT2D eigenvalue weighted by molar-refractivity contribution is -0.135. The molecule has 1 amide bonds. The van der Waals surface area contributed by atoms with Crippen LogP contribution in [0.2, 0.25) is 5.02 Å². The molecule has 0 radical (unpaired) electrons. The second kappa shape index (κ2) is 5.95. The van der Waals surface area contributed by atoms with Crippen LogP contribution >= 0.6 is 11.6 Å². The molecule has 1 N–H and O–H groups in total. The van der Waals surface area contributed by atoms with Gasteiger partial charge >= 0.3 is 0 Å². The third kappa shape index (κ3) is 2.80. The molecule has 0 atom stereocenters. The predicted molar refractivity (Wildman–Crippen MR) is 82.5 cm³/mol. The lowest BCUT2D eigenvalue weighted by Gasteiger charge is -2.36. The Kier molecular flexibility index (Phi) is 4.20. The monoisotopic (exact) mass is 308 g/mol. The number of benzene rings is 1. The molecular formula is C16H21ClN2O2. The van der Waals surface area contributed by atoms with Crippen molar-refractivity contribution in [2.45, 2.75) is 18.3 Å². The van der Waals surface area contributed by atoms with E-state index in [-0.39, 0.29) is 17.9 Å². The van der Waals surface area contributed by atoms with Gasteiger partial charge in [0, 0.05) is 37.7 Å². The molecule has 4 nitrogen and oxygen atoms in total. The van der Waals surface area contributed by atoms with Crippen molar-refractivity contribution in [3.05, 3.63) is 34.9 Å². The average Bonchev–Trinajstić information content (AvgIpc) is 3.30. The van der Waals surface area contributed by atoms with Crippen LogP contribution in [-0.4, -0.2) is 60.1 Å². The van der Waals surface area contributed by atoms with Crippen LogP contribution in [0, 0.1) is 0 Å². The van der Waals surface area contributed by atoms with Gasteiger partial charge in [-0.1, -0.05) is 29.8 Å². The highest BCUT2D eigenvalue weighted by Gasteiger charge is 2.54. The van der Waals surface area contributed by atoms with Gasteiger partial charge in [-0.05, 0) is 24.5 Å². The van der Waals surface area contributed by atoms with Gasteiger partial charge in [0.25, 0.3) is 0 Å². The van der Waals surface area contributed by atoms with Crippen molar-refractivity contribution in [2.24, 2.45) is 0 Å². The molecule has 0 aromatic heterocycles. The quantitative estimate of drug-likeness (QED) is 0.917. The van der Waals surface area contributed by atoms with Crippen LogP contribution in [0.1, 0.15) is 18.4 Å². The summed E-state index contributed by atoms with van der Waals surface area (Å²) in [5.74, 6) is 0.222. The normalized spacial score (nSPS) is 21.3. The van der Waals surface area contributed by atoms with Gasteiger partial charge in [0.1, 0.15) is 0 Å². The lowest BCUT2D eigenvalue weighted by atomic mass is 9.94. The Labute approximate surface area is 130 Å². The minimum Gasteiger partial charge on any atom is -0.395 e. The fraction of sp³-hybridized carbons (Fsp3) is 0.562. The van der Waals surface area contributed by atoms with Gasteiger partial charge < -0.3 is 10.0 Å². The van der Waals surface area contributed by atoms with Crippen molar-refractivity contribution in [1.29, 1.82) is 0 Å². The van der Waals surface area contributed by atoms with E-state index >= 15 is 0 Å². The molecule has 21 heavy (non-hydrogen) atoms. The molecule has 3 rings (SSSR count). The number of aliphatic hydroxyl groups excluding tert-OH is 1. The van der Waals surface area contributed by atoms with E-state index in [0.717, 1.165) is 44.6 Å². The Morgan fingerprint density at radius 1 is 1.19 bits per heavy atom. The summed E-state index contributed by atoms with van der Waals surface area (Å²) >= 11 is 6.29. The molecular weight excluding hydrogens is 288 g/mol. The molecule has 1 saturated carbocycles. The van der Waals surface area contributed by atoms with E-state index in [1.165, 1.54) is 0 Å². The molecule has 1 heterocycles. The number of amides is 1. The highest BCUT2D eigenvalue weighted by molar-refractivity contribution is 6.31. The van der Waals surface area contributed by atoms with Crippen LogP contribution in [0.25, 0.3) is 0 Å². The first kappa shape index (κ1) is 14.8. The van der Waals surface area contributed by atoms with Crippen LogP contribution in [0.5, 0.6) is 0 Å². The first-order valence-electron chi connectivity index (χ1n) is 7.55. The molecule has 1 aromatic rings. The first-order valence-corrected chi connectivity index (χ1v) is 7.93. The summed E-state index contributed by atoms with van der Waals surface area (Å²) < 4.78 is 0. The summed E-state index contributed by atoms with van der Waals surface area (Å²) in [7, 11) is 0. The molecule has 1 aliphatic heterocycles. The Morgan fingerprint density at radius 3 is 2.43 bits per heavy atom. The fourth-order valence-electron chi connectivity index (χ4n) is 3.19. The molecule has 2 fully saturated rings. The summed E-state index contributed by atoms with van der Waals surface area (Å²) in [6.45, 7) is 4.03. The number of carbonyl (C=O) groups is 1. The zero-order valence-electron chi connectivity index (χ0n) is 12.1. The number of hydrogen-bond donors (Lipinski definition) is 1. The maximum absolute atomic E-state index is 12.9. The zero-order chi connectivity index (χ0) is 14.9. The number of aliphatic hydroxyl groups is 1. The van der Waals surface area contributed by atoms with E-state index in [0.29, 0.717) is 11.6 Å². The molecule has 5 heteroatoms. The summed E-state index contributed by atoms with van der Waals surface area (Å²) in [6, 6.07) is 7.70. The smallest absolute Gasteiger partial charge is 0.233 e.